The second-order valence-corrected chi connectivity index (χ2v) is 8.49. The van der Waals surface area contributed by atoms with Crippen LogP contribution in [-0.2, 0) is 4.79 Å². The smallest absolute Gasteiger partial charge is 0.261 e. The Morgan fingerprint density at radius 2 is 1.43 bits per heavy atom. The van der Waals surface area contributed by atoms with Crippen LogP contribution in [0, 0.1) is 0 Å². The normalized spacial score (nSPS) is 23.1. The number of benzene rings is 1. The highest BCUT2D eigenvalue weighted by Crippen LogP contribution is 2.32. The standard InChI is InChI=1S/C23H33N3O4/c1-29-19-9-6-10-20(30-2)21(19)23(28)25-15-13-24(14-16-25)22(27)18-11-12-26(18)17-7-4-3-5-8-17/h6,9-10,17-18H,3-5,7-8,11-16H2,1-2H3/t18-/m1/s1. The van der Waals surface area contributed by atoms with Crippen LogP contribution >= 0.6 is 0 Å². The van der Waals surface area contributed by atoms with E-state index in [1.807, 2.05) is 11.0 Å². The Balaban J connectivity index is 1.36. The molecule has 1 aromatic carbocycles. The van der Waals surface area contributed by atoms with Crippen LogP contribution in [0.25, 0.3) is 0 Å². The molecule has 0 bridgehead atoms. The molecule has 4 rings (SSSR count). The summed E-state index contributed by atoms with van der Waals surface area (Å²) in [6, 6.07) is 5.98. The largest absolute Gasteiger partial charge is 0.496 e. The number of likely N-dealkylation sites (tertiary alicyclic amines) is 1. The monoisotopic (exact) mass is 415 g/mol. The summed E-state index contributed by atoms with van der Waals surface area (Å²) in [4.78, 5) is 32.4. The summed E-state index contributed by atoms with van der Waals surface area (Å²) in [5.41, 5.74) is 0.449. The van der Waals surface area contributed by atoms with E-state index in [2.05, 4.69) is 4.90 Å². The highest BCUT2D eigenvalue weighted by molar-refractivity contribution is 6.00. The van der Waals surface area contributed by atoms with Crippen molar-refractivity contribution < 1.29 is 19.1 Å². The molecule has 0 N–H and O–H groups in total. The molecule has 1 aliphatic carbocycles. The van der Waals surface area contributed by atoms with Crippen molar-refractivity contribution >= 4 is 11.8 Å². The molecule has 1 saturated carbocycles. The number of carbonyl (C=O) groups excluding carboxylic acids is 2. The highest BCUT2D eigenvalue weighted by atomic mass is 16.5. The summed E-state index contributed by atoms with van der Waals surface area (Å²) in [7, 11) is 3.11. The maximum Gasteiger partial charge on any atom is 0.261 e. The Bertz CT molecular complexity index is 747. The first-order valence-corrected chi connectivity index (χ1v) is 11.2. The number of hydrogen-bond acceptors (Lipinski definition) is 5. The van der Waals surface area contributed by atoms with Gasteiger partial charge in [0, 0.05) is 38.8 Å². The molecule has 30 heavy (non-hydrogen) atoms. The molecule has 2 amide bonds. The number of hydrogen-bond donors (Lipinski definition) is 0. The predicted molar refractivity (Wildman–Crippen MR) is 114 cm³/mol. The van der Waals surface area contributed by atoms with Crippen molar-refractivity contribution in [1.29, 1.82) is 0 Å². The summed E-state index contributed by atoms with van der Waals surface area (Å²) in [5, 5.41) is 0. The number of piperazine rings is 1. The number of methoxy groups -OCH3 is 2. The topological polar surface area (TPSA) is 62.3 Å². The van der Waals surface area contributed by atoms with Crippen molar-refractivity contribution in [2.75, 3.05) is 46.9 Å². The molecular formula is C23H33N3O4. The van der Waals surface area contributed by atoms with Gasteiger partial charge in [0.05, 0.1) is 20.3 Å². The minimum Gasteiger partial charge on any atom is -0.496 e. The lowest BCUT2D eigenvalue weighted by molar-refractivity contribution is -0.145. The van der Waals surface area contributed by atoms with Crippen LogP contribution in [0.5, 0.6) is 11.5 Å². The van der Waals surface area contributed by atoms with Crippen LogP contribution < -0.4 is 9.47 Å². The average Bonchev–Trinajstić information content (AvgIpc) is 2.78. The number of rotatable bonds is 5. The number of amides is 2. The number of ether oxygens (including phenoxy) is 2. The first-order chi connectivity index (χ1) is 14.6. The van der Waals surface area contributed by atoms with Gasteiger partial charge >= 0.3 is 0 Å². The molecule has 0 aromatic heterocycles. The van der Waals surface area contributed by atoms with Gasteiger partial charge in [0.1, 0.15) is 17.1 Å². The van der Waals surface area contributed by atoms with Crippen LogP contribution in [0.3, 0.4) is 0 Å². The van der Waals surface area contributed by atoms with Crippen molar-refractivity contribution in [3.8, 4) is 11.5 Å². The summed E-state index contributed by atoms with van der Waals surface area (Å²) >= 11 is 0. The van der Waals surface area contributed by atoms with E-state index in [0.29, 0.717) is 49.3 Å². The van der Waals surface area contributed by atoms with Crippen LogP contribution in [-0.4, -0.2) is 85.5 Å². The summed E-state index contributed by atoms with van der Waals surface area (Å²) in [6.45, 7) is 3.27. The van der Waals surface area contributed by atoms with Gasteiger partial charge in [-0.05, 0) is 31.4 Å². The van der Waals surface area contributed by atoms with Crippen LogP contribution in [0.15, 0.2) is 18.2 Å². The molecule has 164 valence electrons. The maximum atomic E-state index is 13.1. The van der Waals surface area contributed by atoms with Crippen molar-refractivity contribution in [2.24, 2.45) is 0 Å². The molecule has 7 nitrogen and oxygen atoms in total. The fourth-order valence-electron chi connectivity index (χ4n) is 5.08. The minimum absolute atomic E-state index is 0.0460. The van der Waals surface area contributed by atoms with Gasteiger partial charge in [-0.15, -0.1) is 0 Å². The SMILES string of the molecule is COc1cccc(OC)c1C(=O)N1CCN(C(=O)[C@H]2CCN2C2CCCCC2)CC1. The fraction of sp³-hybridized carbons (Fsp3) is 0.652. The van der Waals surface area contributed by atoms with Gasteiger partial charge < -0.3 is 19.3 Å². The third-order valence-corrected chi connectivity index (χ3v) is 6.91. The van der Waals surface area contributed by atoms with Crippen molar-refractivity contribution in [2.45, 2.75) is 50.6 Å². The predicted octanol–water partition coefficient (Wildman–Crippen LogP) is 2.40. The zero-order valence-corrected chi connectivity index (χ0v) is 18.1. The molecule has 0 unspecified atom stereocenters. The van der Waals surface area contributed by atoms with E-state index in [1.54, 1.807) is 31.3 Å². The molecule has 3 aliphatic rings. The lowest BCUT2D eigenvalue weighted by Gasteiger charge is -2.48. The van der Waals surface area contributed by atoms with Gasteiger partial charge in [0.25, 0.3) is 5.91 Å². The van der Waals surface area contributed by atoms with Gasteiger partial charge in [-0.3, -0.25) is 14.5 Å². The van der Waals surface area contributed by atoms with Crippen LogP contribution in [0.1, 0.15) is 48.9 Å². The van der Waals surface area contributed by atoms with E-state index >= 15 is 0 Å². The van der Waals surface area contributed by atoms with E-state index in [1.165, 1.54) is 32.1 Å². The average molecular weight is 416 g/mol. The Hall–Kier alpha value is -2.28. The third kappa shape index (κ3) is 4.00. The third-order valence-electron chi connectivity index (χ3n) is 6.91. The van der Waals surface area contributed by atoms with Gasteiger partial charge in [-0.25, -0.2) is 0 Å². The van der Waals surface area contributed by atoms with Crippen molar-refractivity contribution in [3.63, 3.8) is 0 Å². The second kappa shape index (κ2) is 9.25. The van der Waals surface area contributed by atoms with E-state index in [0.717, 1.165) is 13.0 Å². The van der Waals surface area contributed by atoms with E-state index < -0.39 is 0 Å². The van der Waals surface area contributed by atoms with Crippen molar-refractivity contribution in [1.82, 2.24) is 14.7 Å². The Labute approximate surface area is 178 Å². The molecule has 0 radical (unpaired) electrons. The number of nitrogens with zero attached hydrogens (tertiary/aromatic N) is 3. The molecular weight excluding hydrogens is 382 g/mol. The molecule has 0 spiro atoms. The van der Waals surface area contributed by atoms with E-state index in [-0.39, 0.29) is 17.9 Å². The van der Waals surface area contributed by atoms with Gasteiger partial charge in [0.15, 0.2) is 0 Å². The van der Waals surface area contributed by atoms with Gasteiger partial charge in [0.2, 0.25) is 5.91 Å². The second-order valence-electron chi connectivity index (χ2n) is 8.49. The zero-order chi connectivity index (χ0) is 21.1. The van der Waals surface area contributed by atoms with Crippen molar-refractivity contribution in [3.05, 3.63) is 23.8 Å². The quantitative estimate of drug-likeness (QED) is 0.739. The summed E-state index contributed by atoms with van der Waals surface area (Å²) in [6.07, 6.45) is 7.33. The van der Waals surface area contributed by atoms with E-state index in [4.69, 9.17) is 9.47 Å². The first-order valence-electron chi connectivity index (χ1n) is 11.2. The lowest BCUT2D eigenvalue weighted by Crippen LogP contribution is -2.62. The zero-order valence-electron chi connectivity index (χ0n) is 18.1. The molecule has 2 aliphatic heterocycles. The summed E-state index contributed by atoms with van der Waals surface area (Å²) in [5.74, 6) is 1.16. The van der Waals surface area contributed by atoms with Crippen LogP contribution in [0.4, 0.5) is 0 Å². The van der Waals surface area contributed by atoms with Crippen LogP contribution in [0.2, 0.25) is 0 Å². The van der Waals surface area contributed by atoms with E-state index in [9.17, 15) is 9.59 Å². The first kappa shape index (κ1) is 21.0. The Kier molecular flexibility index (Phi) is 6.46. The fourth-order valence-corrected chi connectivity index (χ4v) is 5.08. The number of carbonyl (C=O) groups is 2. The molecule has 3 fully saturated rings. The molecule has 1 atom stereocenters. The minimum atomic E-state index is -0.108. The molecule has 2 saturated heterocycles. The molecule has 7 heteroatoms. The summed E-state index contributed by atoms with van der Waals surface area (Å²) < 4.78 is 10.8. The Morgan fingerprint density at radius 1 is 0.833 bits per heavy atom. The highest BCUT2D eigenvalue weighted by Gasteiger charge is 2.41. The Morgan fingerprint density at radius 3 is 1.97 bits per heavy atom. The maximum absolute atomic E-state index is 13.1. The molecule has 1 aromatic rings. The lowest BCUT2D eigenvalue weighted by atomic mass is 9.88. The van der Waals surface area contributed by atoms with Gasteiger partial charge in [-0.2, -0.15) is 0 Å². The van der Waals surface area contributed by atoms with Gasteiger partial charge in [-0.1, -0.05) is 25.3 Å². The molecule has 2 heterocycles.